The van der Waals surface area contributed by atoms with Gasteiger partial charge in [-0.05, 0) is 49.7 Å². The number of rotatable bonds is 3. The third-order valence-electron chi connectivity index (χ3n) is 2.75. The van der Waals surface area contributed by atoms with Crippen LogP contribution in [0.15, 0.2) is 30.3 Å². The first kappa shape index (κ1) is 12.8. The number of hydrogen-bond acceptors (Lipinski definition) is 2. The zero-order valence-electron chi connectivity index (χ0n) is 10.3. The third kappa shape index (κ3) is 2.96. The molecule has 2 rings (SSSR count). The summed E-state index contributed by atoms with van der Waals surface area (Å²) in [5, 5.41) is 2.82. The normalized spacial score (nSPS) is 10.4. The molecule has 1 amide bonds. The Morgan fingerprint density at radius 3 is 2.50 bits per heavy atom. The minimum Gasteiger partial charge on any atom is -0.347 e. The Morgan fingerprint density at radius 1 is 1.28 bits per heavy atom. The first-order chi connectivity index (χ1) is 8.56. The molecule has 2 nitrogen and oxygen atoms in total. The molecule has 0 spiro atoms. The van der Waals surface area contributed by atoms with E-state index in [1.54, 1.807) is 11.3 Å². The lowest BCUT2D eigenvalue weighted by Gasteiger charge is -2.03. The van der Waals surface area contributed by atoms with E-state index in [4.69, 9.17) is 0 Å². The van der Waals surface area contributed by atoms with E-state index in [9.17, 15) is 9.18 Å². The van der Waals surface area contributed by atoms with E-state index in [0.717, 1.165) is 4.88 Å². The van der Waals surface area contributed by atoms with E-state index in [0.29, 0.717) is 12.1 Å². The first-order valence-electron chi connectivity index (χ1n) is 5.66. The molecule has 0 saturated heterocycles. The van der Waals surface area contributed by atoms with E-state index in [-0.39, 0.29) is 11.7 Å². The van der Waals surface area contributed by atoms with Crippen molar-refractivity contribution in [3.8, 4) is 0 Å². The zero-order chi connectivity index (χ0) is 13.1. The van der Waals surface area contributed by atoms with Crippen LogP contribution < -0.4 is 5.32 Å². The highest BCUT2D eigenvalue weighted by molar-refractivity contribution is 7.12. The van der Waals surface area contributed by atoms with Crippen LogP contribution in [0.2, 0.25) is 0 Å². The maximum absolute atomic E-state index is 12.7. The summed E-state index contributed by atoms with van der Waals surface area (Å²) in [5.74, 6) is -0.519. The minimum absolute atomic E-state index is 0.182. The second-order valence-corrected chi connectivity index (χ2v) is 5.48. The van der Waals surface area contributed by atoms with Crippen LogP contribution in [-0.4, -0.2) is 5.91 Å². The smallest absolute Gasteiger partial charge is 0.251 e. The summed E-state index contributed by atoms with van der Waals surface area (Å²) in [7, 11) is 0. The number of amides is 1. The molecular weight excluding hydrogens is 249 g/mol. The molecule has 0 aliphatic heterocycles. The molecule has 94 valence electrons. The number of benzene rings is 1. The summed E-state index contributed by atoms with van der Waals surface area (Å²) in [4.78, 5) is 14.2. The molecule has 0 atom stereocenters. The lowest BCUT2D eigenvalue weighted by molar-refractivity contribution is 0.0951. The standard InChI is InChI=1S/C14H14FNOS/c1-9-7-13(18-10(9)2)8-16-14(17)11-3-5-12(15)6-4-11/h3-7H,8H2,1-2H3,(H,16,17). The number of halogens is 1. The first-order valence-corrected chi connectivity index (χ1v) is 6.47. The molecule has 1 aromatic heterocycles. The Labute approximate surface area is 109 Å². The van der Waals surface area contributed by atoms with Crippen LogP contribution in [0, 0.1) is 19.7 Å². The molecule has 0 saturated carbocycles. The van der Waals surface area contributed by atoms with E-state index in [1.165, 1.54) is 34.7 Å². The van der Waals surface area contributed by atoms with Crippen LogP contribution in [0.3, 0.4) is 0 Å². The van der Waals surface area contributed by atoms with Gasteiger partial charge in [-0.15, -0.1) is 11.3 Å². The van der Waals surface area contributed by atoms with Gasteiger partial charge >= 0.3 is 0 Å². The van der Waals surface area contributed by atoms with Gasteiger partial charge in [-0.25, -0.2) is 4.39 Å². The summed E-state index contributed by atoms with van der Waals surface area (Å²) < 4.78 is 12.7. The molecule has 18 heavy (non-hydrogen) atoms. The van der Waals surface area contributed by atoms with E-state index < -0.39 is 0 Å². The van der Waals surface area contributed by atoms with Crippen molar-refractivity contribution in [1.82, 2.24) is 5.32 Å². The second kappa shape index (κ2) is 5.31. The zero-order valence-corrected chi connectivity index (χ0v) is 11.1. The molecule has 0 fully saturated rings. The maximum Gasteiger partial charge on any atom is 0.251 e. The Morgan fingerprint density at radius 2 is 1.94 bits per heavy atom. The number of nitrogens with one attached hydrogen (secondary N) is 1. The van der Waals surface area contributed by atoms with Crippen molar-refractivity contribution in [1.29, 1.82) is 0 Å². The van der Waals surface area contributed by atoms with Crippen molar-refractivity contribution in [2.75, 3.05) is 0 Å². The molecule has 0 aliphatic rings. The summed E-state index contributed by atoms with van der Waals surface area (Å²) >= 11 is 1.68. The molecule has 4 heteroatoms. The molecule has 0 unspecified atom stereocenters. The summed E-state index contributed by atoms with van der Waals surface area (Å²) in [6.07, 6.45) is 0. The van der Waals surface area contributed by atoms with Gasteiger partial charge < -0.3 is 5.32 Å². The summed E-state index contributed by atoms with van der Waals surface area (Å²) in [5.41, 5.74) is 1.72. The van der Waals surface area contributed by atoms with E-state index in [2.05, 4.69) is 25.2 Å². The van der Waals surface area contributed by atoms with Gasteiger partial charge in [0.15, 0.2) is 0 Å². The molecule has 0 radical (unpaired) electrons. The lowest BCUT2D eigenvalue weighted by Crippen LogP contribution is -2.22. The highest BCUT2D eigenvalue weighted by Gasteiger charge is 2.07. The van der Waals surface area contributed by atoms with E-state index >= 15 is 0 Å². The van der Waals surface area contributed by atoms with Gasteiger partial charge in [0.05, 0.1) is 6.54 Å². The Bertz CT molecular complexity index is 540. The fraction of sp³-hybridized carbons (Fsp3) is 0.214. The maximum atomic E-state index is 12.7. The van der Waals surface area contributed by atoms with Crippen LogP contribution in [0.4, 0.5) is 4.39 Å². The highest BCUT2D eigenvalue weighted by atomic mass is 32.1. The van der Waals surface area contributed by atoms with Crippen LogP contribution in [-0.2, 0) is 6.54 Å². The third-order valence-corrected chi connectivity index (χ3v) is 3.90. The topological polar surface area (TPSA) is 29.1 Å². The lowest BCUT2D eigenvalue weighted by atomic mass is 10.2. The monoisotopic (exact) mass is 263 g/mol. The molecule has 1 N–H and O–H groups in total. The quantitative estimate of drug-likeness (QED) is 0.903. The van der Waals surface area contributed by atoms with Gasteiger partial charge in [0.2, 0.25) is 0 Å². The Hall–Kier alpha value is -1.68. The van der Waals surface area contributed by atoms with Gasteiger partial charge in [0.1, 0.15) is 5.82 Å². The minimum atomic E-state index is -0.337. The SMILES string of the molecule is Cc1cc(CNC(=O)c2ccc(F)cc2)sc1C. The highest BCUT2D eigenvalue weighted by Crippen LogP contribution is 2.20. The number of thiophene rings is 1. The fourth-order valence-electron chi connectivity index (χ4n) is 1.61. The molecule has 0 bridgehead atoms. The van der Waals surface area contributed by atoms with Crippen molar-refractivity contribution >= 4 is 17.2 Å². The predicted octanol–water partition coefficient (Wildman–Crippen LogP) is 3.43. The van der Waals surface area contributed by atoms with Gasteiger partial charge in [-0.1, -0.05) is 0 Å². The second-order valence-electron chi connectivity index (χ2n) is 4.14. The van der Waals surface area contributed by atoms with Crippen molar-refractivity contribution in [2.45, 2.75) is 20.4 Å². The summed E-state index contributed by atoms with van der Waals surface area (Å²) in [6.45, 7) is 4.62. The predicted molar refractivity (Wildman–Crippen MR) is 71.4 cm³/mol. The Balaban J connectivity index is 1.98. The average molecular weight is 263 g/mol. The molecule has 0 aliphatic carbocycles. The van der Waals surface area contributed by atoms with Crippen LogP contribution >= 0.6 is 11.3 Å². The van der Waals surface area contributed by atoms with E-state index in [1.807, 2.05) is 0 Å². The molecular formula is C14H14FNOS. The van der Waals surface area contributed by atoms with Crippen molar-refractivity contribution in [3.63, 3.8) is 0 Å². The Kier molecular flexibility index (Phi) is 3.77. The molecule has 2 aromatic rings. The van der Waals surface area contributed by atoms with Gasteiger partial charge in [0, 0.05) is 15.3 Å². The van der Waals surface area contributed by atoms with Crippen LogP contribution in [0.25, 0.3) is 0 Å². The molecule has 1 aromatic carbocycles. The number of aryl methyl sites for hydroxylation is 2. The van der Waals surface area contributed by atoms with Gasteiger partial charge in [-0.2, -0.15) is 0 Å². The summed E-state index contributed by atoms with van der Waals surface area (Å²) in [6, 6.07) is 7.61. The molecule has 1 heterocycles. The van der Waals surface area contributed by atoms with Crippen molar-refractivity contribution < 1.29 is 9.18 Å². The van der Waals surface area contributed by atoms with Gasteiger partial charge in [-0.3, -0.25) is 4.79 Å². The average Bonchev–Trinajstić information content (AvgIpc) is 2.67. The van der Waals surface area contributed by atoms with Crippen molar-refractivity contribution in [2.24, 2.45) is 0 Å². The van der Waals surface area contributed by atoms with Crippen LogP contribution in [0.5, 0.6) is 0 Å². The number of carbonyl (C=O) groups excluding carboxylic acids is 1. The van der Waals surface area contributed by atoms with Crippen LogP contribution in [0.1, 0.15) is 25.7 Å². The number of hydrogen-bond donors (Lipinski definition) is 1. The largest absolute Gasteiger partial charge is 0.347 e. The van der Waals surface area contributed by atoms with Crippen molar-refractivity contribution in [3.05, 3.63) is 57.0 Å². The fourth-order valence-corrected chi connectivity index (χ4v) is 2.60. The number of carbonyl (C=O) groups is 1. The van der Waals surface area contributed by atoms with Gasteiger partial charge in [0.25, 0.3) is 5.91 Å².